The lowest BCUT2D eigenvalue weighted by Gasteiger charge is -2.07. The minimum atomic E-state index is -0.929. The summed E-state index contributed by atoms with van der Waals surface area (Å²) in [5.74, 6) is -0.646. The van der Waals surface area contributed by atoms with E-state index in [4.69, 9.17) is 0 Å². The van der Waals surface area contributed by atoms with E-state index < -0.39 is 5.97 Å². The molecule has 0 atom stereocenters. The molecule has 0 unspecified atom stereocenters. The molecule has 1 saturated carbocycles. The Labute approximate surface area is 118 Å². The Balaban J connectivity index is 1.98. The maximum absolute atomic E-state index is 11.3. The van der Waals surface area contributed by atoms with Crippen LogP contribution in [0.1, 0.15) is 34.8 Å². The Hall–Kier alpha value is -2.28. The summed E-state index contributed by atoms with van der Waals surface area (Å²) >= 11 is 1.15. The van der Waals surface area contributed by atoms with Gasteiger partial charge in [0.15, 0.2) is 0 Å². The van der Waals surface area contributed by atoms with E-state index in [1.165, 1.54) is 6.20 Å². The number of carboxylic acid groups (broad SMARTS) is 1. The second-order valence-corrected chi connectivity index (χ2v) is 5.37. The molecule has 2 heterocycles. The highest BCUT2D eigenvalue weighted by Gasteiger charge is 2.33. The molecule has 0 amide bonds. The summed E-state index contributed by atoms with van der Waals surface area (Å²) in [7, 11) is 0. The molecule has 4 rings (SSSR count). The summed E-state index contributed by atoms with van der Waals surface area (Å²) in [5, 5.41) is 13.6. The van der Waals surface area contributed by atoms with Crippen molar-refractivity contribution in [2.45, 2.75) is 18.8 Å². The number of carbonyl (C=O) groups is 1. The van der Waals surface area contributed by atoms with Gasteiger partial charge in [-0.15, -0.1) is 0 Å². The highest BCUT2D eigenvalue weighted by atomic mass is 32.1. The average molecular weight is 286 g/mol. The molecule has 6 nitrogen and oxygen atoms in total. The monoisotopic (exact) mass is 286 g/mol. The maximum atomic E-state index is 11.3. The van der Waals surface area contributed by atoms with Gasteiger partial charge in [-0.2, -0.15) is 13.8 Å². The van der Waals surface area contributed by atoms with Crippen molar-refractivity contribution in [1.82, 2.24) is 18.5 Å². The van der Waals surface area contributed by atoms with Crippen molar-refractivity contribution in [3.05, 3.63) is 35.7 Å². The molecule has 1 aliphatic carbocycles. The summed E-state index contributed by atoms with van der Waals surface area (Å²) in [6.45, 7) is 0. The fourth-order valence-electron chi connectivity index (χ4n) is 2.43. The van der Waals surface area contributed by atoms with Crippen molar-refractivity contribution in [2.24, 2.45) is 0 Å². The van der Waals surface area contributed by atoms with Gasteiger partial charge in [0, 0.05) is 5.92 Å². The molecule has 0 bridgehead atoms. The molecular formula is C13H10N4O2S. The Bertz CT molecular complexity index is 819. The number of hydrogen-bond acceptors (Lipinski definition) is 5. The van der Waals surface area contributed by atoms with Crippen molar-refractivity contribution in [3.63, 3.8) is 0 Å². The first-order chi connectivity index (χ1) is 9.75. The number of nitrogens with zero attached hydrogens (tertiary/aromatic N) is 4. The third-order valence-corrected chi connectivity index (χ3v) is 4.04. The van der Waals surface area contributed by atoms with Crippen molar-refractivity contribution in [2.75, 3.05) is 0 Å². The number of benzene rings is 1. The predicted molar refractivity (Wildman–Crippen MR) is 73.5 cm³/mol. The van der Waals surface area contributed by atoms with Crippen molar-refractivity contribution >= 4 is 28.7 Å². The first-order valence-corrected chi connectivity index (χ1v) is 7.01. The van der Waals surface area contributed by atoms with Gasteiger partial charge in [0.2, 0.25) is 0 Å². The Morgan fingerprint density at radius 2 is 2.20 bits per heavy atom. The van der Waals surface area contributed by atoms with E-state index in [0.29, 0.717) is 0 Å². The molecule has 1 aromatic carbocycles. The second-order valence-electron chi connectivity index (χ2n) is 4.84. The van der Waals surface area contributed by atoms with E-state index >= 15 is 0 Å². The van der Waals surface area contributed by atoms with E-state index in [-0.39, 0.29) is 11.5 Å². The van der Waals surface area contributed by atoms with Crippen LogP contribution in [0.4, 0.5) is 0 Å². The van der Waals surface area contributed by atoms with Crippen LogP contribution in [0.2, 0.25) is 0 Å². The smallest absolute Gasteiger partial charge is 0.339 e. The lowest BCUT2D eigenvalue weighted by atomic mass is 10.1. The molecule has 0 saturated heterocycles. The molecule has 1 aliphatic rings. The van der Waals surface area contributed by atoms with E-state index in [1.54, 1.807) is 4.68 Å². The molecule has 0 spiro atoms. The second kappa shape index (κ2) is 4.11. The lowest BCUT2D eigenvalue weighted by molar-refractivity contribution is 0.0695. The van der Waals surface area contributed by atoms with E-state index in [1.807, 2.05) is 18.2 Å². The zero-order chi connectivity index (χ0) is 13.7. The van der Waals surface area contributed by atoms with Crippen LogP contribution in [0.25, 0.3) is 16.7 Å². The van der Waals surface area contributed by atoms with Crippen LogP contribution in [-0.4, -0.2) is 29.6 Å². The van der Waals surface area contributed by atoms with Crippen LogP contribution < -0.4 is 0 Å². The van der Waals surface area contributed by atoms with E-state index in [0.717, 1.165) is 47.0 Å². The molecule has 100 valence electrons. The predicted octanol–water partition coefficient (Wildman–Crippen LogP) is 2.45. The fourth-order valence-corrected chi connectivity index (χ4v) is 2.97. The van der Waals surface area contributed by atoms with Crippen LogP contribution in [0.3, 0.4) is 0 Å². The molecule has 0 radical (unpaired) electrons. The summed E-state index contributed by atoms with van der Waals surface area (Å²) in [4.78, 5) is 11.3. The van der Waals surface area contributed by atoms with E-state index in [2.05, 4.69) is 13.8 Å². The third-order valence-electron chi connectivity index (χ3n) is 3.49. The summed E-state index contributed by atoms with van der Waals surface area (Å²) in [5.41, 5.74) is 3.43. The largest absolute Gasteiger partial charge is 0.478 e. The van der Waals surface area contributed by atoms with Crippen molar-refractivity contribution in [1.29, 1.82) is 0 Å². The zero-order valence-electron chi connectivity index (χ0n) is 10.4. The highest BCUT2D eigenvalue weighted by Crippen LogP contribution is 2.42. The Morgan fingerprint density at radius 3 is 2.95 bits per heavy atom. The Kier molecular flexibility index (Phi) is 2.37. The zero-order valence-corrected chi connectivity index (χ0v) is 11.2. The van der Waals surface area contributed by atoms with Gasteiger partial charge < -0.3 is 5.11 Å². The fraction of sp³-hybridized carbons (Fsp3) is 0.231. The SMILES string of the molecule is O=C(O)c1cnn(-c2cccc3nsnc23)c1C1CC1. The molecule has 0 aliphatic heterocycles. The number of aromatic nitrogens is 4. The normalized spacial score (nSPS) is 14.8. The molecule has 2 aromatic heterocycles. The van der Waals surface area contributed by atoms with Gasteiger partial charge in [-0.3, -0.25) is 0 Å². The van der Waals surface area contributed by atoms with Gasteiger partial charge in [0.1, 0.15) is 16.6 Å². The van der Waals surface area contributed by atoms with Gasteiger partial charge >= 0.3 is 5.97 Å². The molecular weight excluding hydrogens is 276 g/mol. The minimum absolute atomic E-state index is 0.283. The first kappa shape index (κ1) is 11.5. The molecule has 1 N–H and O–H groups in total. The minimum Gasteiger partial charge on any atom is -0.478 e. The molecule has 7 heteroatoms. The van der Waals surface area contributed by atoms with Crippen LogP contribution in [0.5, 0.6) is 0 Å². The van der Waals surface area contributed by atoms with Gasteiger partial charge in [-0.1, -0.05) is 6.07 Å². The van der Waals surface area contributed by atoms with Crippen molar-refractivity contribution < 1.29 is 9.90 Å². The summed E-state index contributed by atoms with van der Waals surface area (Å²) < 4.78 is 10.2. The van der Waals surface area contributed by atoms with E-state index in [9.17, 15) is 9.90 Å². The molecule has 20 heavy (non-hydrogen) atoms. The topological polar surface area (TPSA) is 80.9 Å². The van der Waals surface area contributed by atoms with Crippen LogP contribution in [0, 0.1) is 0 Å². The lowest BCUT2D eigenvalue weighted by Crippen LogP contribution is -2.06. The van der Waals surface area contributed by atoms with Gasteiger partial charge in [-0.25, -0.2) is 9.48 Å². The first-order valence-electron chi connectivity index (χ1n) is 6.28. The number of rotatable bonds is 3. The standard InChI is InChI=1S/C13H10N4O2S/c18-13(19)8-6-14-17(12(8)7-4-5-7)10-3-1-2-9-11(10)16-20-15-9/h1-3,6-7H,4-5H2,(H,18,19). The number of carboxylic acids is 1. The molecule has 1 fully saturated rings. The van der Waals surface area contributed by atoms with Crippen LogP contribution >= 0.6 is 11.7 Å². The van der Waals surface area contributed by atoms with Gasteiger partial charge in [-0.05, 0) is 25.0 Å². The summed E-state index contributed by atoms with van der Waals surface area (Å²) in [6.07, 6.45) is 3.45. The summed E-state index contributed by atoms with van der Waals surface area (Å²) in [6, 6.07) is 5.67. The number of aromatic carboxylic acids is 1. The number of hydrogen-bond donors (Lipinski definition) is 1. The molecule has 3 aromatic rings. The maximum Gasteiger partial charge on any atom is 0.339 e. The number of fused-ring (bicyclic) bond motifs is 1. The van der Waals surface area contributed by atoms with Crippen LogP contribution in [-0.2, 0) is 0 Å². The van der Waals surface area contributed by atoms with Crippen LogP contribution in [0.15, 0.2) is 24.4 Å². The highest BCUT2D eigenvalue weighted by molar-refractivity contribution is 7.00. The van der Waals surface area contributed by atoms with Gasteiger partial charge in [0.25, 0.3) is 0 Å². The Morgan fingerprint density at radius 1 is 1.35 bits per heavy atom. The third kappa shape index (κ3) is 1.63. The quantitative estimate of drug-likeness (QED) is 0.799. The van der Waals surface area contributed by atoms with Crippen molar-refractivity contribution in [3.8, 4) is 5.69 Å². The average Bonchev–Trinajstić information content (AvgIpc) is 3.01. The van der Waals surface area contributed by atoms with Gasteiger partial charge in [0.05, 0.1) is 29.3 Å².